The highest BCUT2D eigenvalue weighted by molar-refractivity contribution is 7.55. The number of methoxy groups -OCH3 is 1. The number of hydrogen-bond donors (Lipinski definition) is 0. The van der Waals surface area contributed by atoms with Crippen LogP contribution >= 0.6 is 7.37 Å². The molecule has 35 heavy (non-hydrogen) atoms. The van der Waals surface area contributed by atoms with Gasteiger partial charge >= 0.3 is 0 Å². The molecule has 1 unspecified atom stereocenters. The summed E-state index contributed by atoms with van der Waals surface area (Å²) in [5.74, 6) is 2.26. The van der Waals surface area contributed by atoms with Gasteiger partial charge in [-0.05, 0) is 92.0 Å². The largest absolute Gasteiger partial charge is 0.799 e. The van der Waals surface area contributed by atoms with Crippen molar-refractivity contribution in [1.82, 2.24) is 0 Å². The van der Waals surface area contributed by atoms with Crippen molar-refractivity contribution >= 4 is 13.1 Å². The predicted molar refractivity (Wildman–Crippen MR) is 144 cm³/mol. The molecule has 0 aromatic heterocycles. The van der Waals surface area contributed by atoms with Crippen molar-refractivity contribution in [2.45, 2.75) is 59.3 Å². The Morgan fingerprint density at radius 3 is 2.46 bits per heavy atom. The second-order valence-corrected chi connectivity index (χ2v) is 13.8. The van der Waals surface area contributed by atoms with Crippen LogP contribution in [0.3, 0.4) is 0 Å². The molecular weight excluding hydrogens is 457 g/mol. The quantitative estimate of drug-likeness (QED) is 0.345. The zero-order valence-electron chi connectivity index (χ0n) is 22.2. The molecule has 6 heteroatoms. The van der Waals surface area contributed by atoms with Crippen molar-refractivity contribution in [2.75, 3.05) is 44.5 Å². The zero-order chi connectivity index (χ0) is 25.5. The summed E-state index contributed by atoms with van der Waals surface area (Å²) in [6.45, 7) is 11.0. The van der Waals surface area contributed by atoms with Crippen LogP contribution in [0.2, 0.25) is 0 Å². The predicted octanol–water partition coefficient (Wildman–Crippen LogP) is 6.17. The molecule has 1 aliphatic heterocycles. The van der Waals surface area contributed by atoms with Crippen LogP contribution in [0.25, 0.3) is 0 Å². The summed E-state index contributed by atoms with van der Waals surface area (Å²) in [7, 11) is -1.51. The Labute approximate surface area is 212 Å². The standard InChI is InChI=1S/C29H44NO4P/c1-29(2,3)16-7-9-25-11-12-26(33-4)21-28(25)30-17-13-24(14-18-30)22-34-27-10-6-8-23(20-27)15-19-35(5,31)32/h6,8,10-12,20-21,24H,7,9,13-19,22H2,1-5H3,(H,31,32)/p-1. The lowest BCUT2D eigenvalue weighted by Crippen LogP contribution is -2.36. The van der Waals surface area contributed by atoms with Gasteiger partial charge < -0.3 is 23.8 Å². The van der Waals surface area contributed by atoms with Crippen LogP contribution in [0.1, 0.15) is 57.6 Å². The highest BCUT2D eigenvalue weighted by Gasteiger charge is 2.22. The van der Waals surface area contributed by atoms with Gasteiger partial charge in [-0.15, -0.1) is 0 Å². The Morgan fingerprint density at radius 1 is 1.06 bits per heavy atom. The summed E-state index contributed by atoms with van der Waals surface area (Å²) < 4.78 is 23.1. The SMILES string of the molecule is COc1ccc(CCCC(C)(C)C)c(N2CCC(COc3cccc(CCP(C)(=O)[O-])c3)CC2)c1. The van der Waals surface area contributed by atoms with Gasteiger partial charge in [0.05, 0.1) is 13.7 Å². The molecule has 0 aliphatic carbocycles. The van der Waals surface area contributed by atoms with E-state index in [-0.39, 0.29) is 6.16 Å². The molecule has 1 aliphatic rings. The Hall–Kier alpha value is -1.97. The maximum absolute atomic E-state index is 11.5. The number of piperidine rings is 1. The third-order valence-electron chi connectivity index (χ3n) is 6.81. The van der Waals surface area contributed by atoms with Crippen molar-refractivity contribution < 1.29 is 18.9 Å². The highest BCUT2D eigenvalue weighted by atomic mass is 31.2. The van der Waals surface area contributed by atoms with Crippen molar-refractivity contribution in [2.24, 2.45) is 11.3 Å². The molecule has 1 atom stereocenters. The summed E-state index contributed by atoms with van der Waals surface area (Å²) >= 11 is 0. The van der Waals surface area contributed by atoms with E-state index in [1.165, 1.54) is 30.8 Å². The summed E-state index contributed by atoms with van der Waals surface area (Å²) in [4.78, 5) is 14.0. The Kier molecular flexibility index (Phi) is 9.72. The van der Waals surface area contributed by atoms with Crippen LogP contribution in [0.4, 0.5) is 5.69 Å². The number of rotatable bonds is 11. The van der Waals surface area contributed by atoms with Crippen LogP contribution in [-0.4, -0.2) is 39.6 Å². The van der Waals surface area contributed by atoms with Gasteiger partial charge in [0.1, 0.15) is 11.5 Å². The Balaban J connectivity index is 1.54. The molecule has 0 N–H and O–H groups in total. The highest BCUT2D eigenvalue weighted by Crippen LogP contribution is 2.33. The molecule has 1 saturated heterocycles. The van der Waals surface area contributed by atoms with Gasteiger partial charge in [-0.2, -0.15) is 0 Å². The van der Waals surface area contributed by atoms with E-state index in [1.54, 1.807) is 7.11 Å². The average Bonchev–Trinajstić information content (AvgIpc) is 2.81. The summed E-state index contributed by atoms with van der Waals surface area (Å²) in [5, 5.41) is 0. The maximum atomic E-state index is 11.5. The maximum Gasteiger partial charge on any atom is 0.120 e. The zero-order valence-corrected chi connectivity index (χ0v) is 23.1. The second-order valence-electron chi connectivity index (χ2n) is 11.3. The average molecular weight is 501 g/mol. The number of benzene rings is 2. The topological polar surface area (TPSA) is 61.8 Å². The van der Waals surface area contributed by atoms with Crippen molar-refractivity contribution in [3.63, 3.8) is 0 Å². The number of aryl methyl sites for hydroxylation is 2. The van der Waals surface area contributed by atoms with E-state index in [1.807, 2.05) is 24.3 Å². The van der Waals surface area contributed by atoms with E-state index >= 15 is 0 Å². The van der Waals surface area contributed by atoms with E-state index in [4.69, 9.17) is 9.47 Å². The third-order valence-corrected chi connectivity index (χ3v) is 7.85. The molecule has 194 valence electrons. The lowest BCUT2D eigenvalue weighted by molar-refractivity contribution is -0.173. The molecule has 2 aromatic carbocycles. The van der Waals surface area contributed by atoms with E-state index in [0.29, 0.717) is 24.4 Å². The lowest BCUT2D eigenvalue weighted by atomic mass is 9.88. The van der Waals surface area contributed by atoms with E-state index in [2.05, 4.69) is 43.9 Å². The first-order chi connectivity index (χ1) is 16.5. The number of nitrogens with zero attached hydrogens (tertiary/aromatic N) is 1. The molecule has 2 aromatic rings. The third kappa shape index (κ3) is 9.54. The molecule has 0 saturated carbocycles. The molecular formula is C29H43NO4P-. The fraction of sp³-hybridized carbons (Fsp3) is 0.586. The molecule has 0 spiro atoms. The van der Waals surface area contributed by atoms with E-state index in [9.17, 15) is 9.46 Å². The first-order valence-corrected chi connectivity index (χ1v) is 15.2. The second kappa shape index (κ2) is 12.3. The van der Waals surface area contributed by atoms with Crippen LogP contribution in [0, 0.1) is 11.3 Å². The van der Waals surface area contributed by atoms with Gasteiger partial charge in [0.2, 0.25) is 0 Å². The van der Waals surface area contributed by atoms with Crippen LogP contribution in [0.15, 0.2) is 42.5 Å². The molecule has 1 fully saturated rings. The summed E-state index contributed by atoms with van der Waals surface area (Å²) in [5.41, 5.74) is 4.10. The van der Waals surface area contributed by atoms with Crippen LogP contribution in [0.5, 0.6) is 11.5 Å². The number of ether oxygens (including phenoxy) is 2. The lowest BCUT2D eigenvalue weighted by Gasteiger charge is -2.35. The van der Waals surface area contributed by atoms with Crippen molar-refractivity contribution in [1.29, 1.82) is 0 Å². The smallest absolute Gasteiger partial charge is 0.120 e. The molecule has 1 heterocycles. The van der Waals surface area contributed by atoms with Crippen LogP contribution < -0.4 is 19.3 Å². The van der Waals surface area contributed by atoms with E-state index in [0.717, 1.165) is 49.4 Å². The molecule has 3 rings (SSSR count). The number of anilines is 1. The van der Waals surface area contributed by atoms with Crippen LogP contribution in [-0.2, 0) is 17.4 Å². The van der Waals surface area contributed by atoms with Gasteiger partial charge in [-0.1, -0.05) is 39.0 Å². The van der Waals surface area contributed by atoms with Gasteiger partial charge in [0.15, 0.2) is 0 Å². The Bertz CT molecular complexity index is 986. The minimum Gasteiger partial charge on any atom is -0.799 e. The summed E-state index contributed by atoms with van der Waals surface area (Å²) in [6.07, 6.45) is 6.41. The minimum atomic E-state index is -3.24. The fourth-order valence-electron chi connectivity index (χ4n) is 4.66. The normalized spacial score (nSPS) is 16.7. The van der Waals surface area contributed by atoms with Crippen molar-refractivity contribution in [3.8, 4) is 11.5 Å². The van der Waals surface area contributed by atoms with E-state index < -0.39 is 7.37 Å². The summed E-state index contributed by atoms with van der Waals surface area (Å²) in [6, 6.07) is 14.4. The minimum absolute atomic E-state index is 0.192. The van der Waals surface area contributed by atoms with Gasteiger partial charge in [0, 0.05) is 32.2 Å². The molecule has 0 bridgehead atoms. The first kappa shape index (κ1) is 27.6. The molecule has 0 radical (unpaired) electrons. The van der Waals surface area contributed by atoms with Gasteiger partial charge in [-0.25, -0.2) is 0 Å². The fourth-order valence-corrected chi connectivity index (χ4v) is 5.33. The molecule has 5 nitrogen and oxygen atoms in total. The van der Waals surface area contributed by atoms with Gasteiger partial charge in [0.25, 0.3) is 0 Å². The van der Waals surface area contributed by atoms with Gasteiger partial charge in [-0.3, -0.25) is 0 Å². The molecule has 0 amide bonds. The Morgan fingerprint density at radius 2 is 1.80 bits per heavy atom. The first-order valence-electron chi connectivity index (χ1n) is 12.9. The number of hydrogen-bond acceptors (Lipinski definition) is 5. The van der Waals surface area contributed by atoms with Crippen molar-refractivity contribution in [3.05, 3.63) is 53.6 Å². The monoisotopic (exact) mass is 500 g/mol.